The van der Waals surface area contributed by atoms with E-state index in [2.05, 4.69) is 45.0 Å². The number of nitro groups is 1. The molecule has 1 unspecified atom stereocenters. The second-order valence-electron chi connectivity index (χ2n) is 5.70. The molecule has 0 radical (unpaired) electrons. The van der Waals surface area contributed by atoms with Crippen molar-refractivity contribution >= 4 is 27.4 Å². The molecule has 21 heavy (non-hydrogen) atoms. The average molecular weight is 357 g/mol. The van der Waals surface area contributed by atoms with E-state index >= 15 is 0 Å². The molecule has 0 amide bonds. The van der Waals surface area contributed by atoms with Crippen LogP contribution in [0.3, 0.4) is 0 Å². The van der Waals surface area contributed by atoms with E-state index in [0.717, 1.165) is 25.3 Å². The summed E-state index contributed by atoms with van der Waals surface area (Å²) in [5, 5.41) is 14.5. The molecule has 6 nitrogen and oxygen atoms in total. The summed E-state index contributed by atoms with van der Waals surface area (Å²) in [4.78, 5) is 17.1. The van der Waals surface area contributed by atoms with Crippen LogP contribution in [0.2, 0.25) is 0 Å². The molecule has 0 spiro atoms. The molecule has 1 aliphatic rings. The predicted octanol–water partition coefficient (Wildman–Crippen LogP) is 3.03. The van der Waals surface area contributed by atoms with Gasteiger partial charge in [-0.05, 0) is 56.1 Å². The first-order valence-corrected chi connectivity index (χ1v) is 8.00. The first-order chi connectivity index (χ1) is 9.91. The summed E-state index contributed by atoms with van der Waals surface area (Å²) in [6, 6.07) is 0.730. The summed E-state index contributed by atoms with van der Waals surface area (Å²) in [5.41, 5.74) is 0.670. The summed E-state index contributed by atoms with van der Waals surface area (Å²) in [6.07, 6.45) is 3.71. The van der Waals surface area contributed by atoms with E-state index < -0.39 is 4.92 Å². The van der Waals surface area contributed by atoms with Crippen molar-refractivity contribution in [3.8, 4) is 0 Å². The fourth-order valence-electron chi connectivity index (χ4n) is 2.63. The highest BCUT2D eigenvalue weighted by atomic mass is 79.9. The summed E-state index contributed by atoms with van der Waals surface area (Å²) < 4.78 is 0.711. The molecular formula is C14H21BrN4O2. The third-order valence-corrected chi connectivity index (χ3v) is 4.84. The van der Waals surface area contributed by atoms with Crippen molar-refractivity contribution in [3.63, 3.8) is 0 Å². The normalized spacial score (nSPS) is 18.2. The van der Waals surface area contributed by atoms with Gasteiger partial charge < -0.3 is 10.2 Å². The van der Waals surface area contributed by atoms with E-state index in [9.17, 15) is 10.1 Å². The van der Waals surface area contributed by atoms with E-state index in [1.165, 1.54) is 12.6 Å². The molecule has 1 N–H and O–H groups in total. The maximum absolute atomic E-state index is 11.0. The second-order valence-corrected chi connectivity index (χ2v) is 6.50. The van der Waals surface area contributed by atoms with Gasteiger partial charge in [0.15, 0.2) is 0 Å². The van der Waals surface area contributed by atoms with Crippen molar-refractivity contribution in [2.75, 3.05) is 18.0 Å². The lowest BCUT2D eigenvalue weighted by Gasteiger charge is -2.31. The minimum Gasteiger partial charge on any atom is -0.352 e. The number of anilines is 1. The monoisotopic (exact) mass is 356 g/mol. The van der Waals surface area contributed by atoms with E-state index in [1.54, 1.807) is 6.92 Å². The van der Waals surface area contributed by atoms with Crippen LogP contribution in [0.15, 0.2) is 10.7 Å². The Balaban J connectivity index is 2.31. The molecular weight excluding hydrogens is 336 g/mol. The smallest absolute Gasteiger partial charge is 0.291 e. The van der Waals surface area contributed by atoms with Crippen molar-refractivity contribution in [1.29, 1.82) is 0 Å². The Morgan fingerprint density at radius 1 is 1.62 bits per heavy atom. The van der Waals surface area contributed by atoms with Gasteiger partial charge in [0, 0.05) is 24.2 Å². The molecule has 2 rings (SSSR count). The molecule has 2 heterocycles. The lowest BCUT2D eigenvalue weighted by molar-refractivity contribution is -0.385. The molecule has 0 aromatic carbocycles. The average Bonchev–Trinajstić information content (AvgIpc) is 2.92. The molecule has 116 valence electrons. The van der Waals surface area contributed by atoms with Crippen LogP contribution >= 0.6 is 15.9 Å². The molecule has 1 aromatic rings. The minimum absolute atomic E-state index is 0.0494. The summed E-state index contributed by atoms with van der Waals surface area (Å²) in [7, 11) is 0. The number of halogens is 1. The fourth-order valence-corrected chi connectivity index (χ4v) is 3.17. The van der Waals surface area contributed by atoms with Gasteiger partial charge in [0.05, 0.1) is 9.40 Å². The largest absolute Gasteiger partial charge is 0.352 e. The van der Waals surface area contributed by atoms with Crippen LogP contribution in [0.25, 0.3) is 0 Å². The lowest BCUT2D eigenvalue weighted by Crippen LogP contribution is -2.42. The zero-order valence-corrected chi connectivity index (χ0v) is 14.2. The highest BCUT2D eigenvalue weighted by Crippen LogP contribution is 2.33. The number of pyridine rings is 1. The zero-order valence-electron chi connectivity index (χ0n) is 12.6. The Hall–Kier alpha value is -1.21. The first-order valence-electron chi connectivity index (χ1n) is 7.21. The van der Waals surface area contributed by atoms with Crippen molar-refractivity contribution in [3.05, 3.63) is 26.3 Å². The lowest BCUT2D eigenvalue weighted by atomic mass is 10.1. The summed E-state index contributed by atoms with van der Waals surface area (Å²) >= 11 is 3.49. The molecule has 1 aromatic heterocycles. The van der Waals surface area contributed by atoms with Crippen LogP contribution in [0.4, 0.5) is 11.5 Å². The number of hydrogen-bond acceptors (Lipinski definition) is 5. The van der Waals surface area contributed by atoms with E-state index in [1.807, 2.05) is 0 Å². The van der Waals surface area contributed by atoms with Gasteiger partial charge in [0.2, 0.25) is 0 Å². The molecule has 0 aliphatic carbocycles. The molecule has 1 aliphatic heterocycles. The minimum atomic E-state index is -0.394. The predicted molar refractivity (Wildman–Crippen MR) is 86.8 cm³/mol. The topological polar surface area (TPSA) is 71.3 Å². The zero-order chi connectivity index (χ0) is 15.6. The molecule has 0 saturated carbocycles. The Morgan fingerprint density at radius 2 is 2.33 bits per heavy atom. The van der Waals surface area contributed by atoms with Gasteiger partial charge >= 0.3 is 0 Å². The van der Waals surface area contributed by atoms with Crippen molar-refractivity contribution in [1.82, 2.24) is 10.3 Å². The quantitative estimate of drug-likeness (QED) is 0.648. The number of aromatic nitrogens is 1. The van der Waals surface area contributed by atoms with Gasteiger partial charge in [-0.1, -0.05) is 0 Å². The summed E-state index contributed by atoms with van der Waals surface area (Å²) in [6.45, 7) is 7.89. The Morgan fingerprint density at radius 3 is 2.86 bits per heavy atom. The molecule has 1 atom stereocenters. The Labute approximate surface area is 133 Å². The van der Waals surface area contributed by atoms with Gasteiger partial charge in [-0.3, -0.25) is 10.1 Å². The van der Waals surface area contributed by atoms with Gasteiger partial charge in [0.25, 0.3) is 5.69 Å². The van der Waals surface area contributed by atoms with Crippen LogP contribution < -0.4 is 10.2 Å². The Kier molecular flexibility index (Phi) is 5.16. The van der Waals surface area contributed by atoms with Gasteiger partial charge in [-0.2, -0.15) is 0 Å². The van der Waals surface area contributed by atoms with Crippen LogP contribution in [0, 0.1) is 17.0 Å². The first kappa shape index (κ1) is 16.2. The molecule has 1 saturated heterocycles. The standard InChI is InChI=1S/C14H21BrN4O2/c1-9(2)18(8-11-5-4-6-16-11)14-13(15)10(3)12(7-17-14)19(20)21/h7,9,11,16H,4-6,8H2,1-3H3. The molecule has 1 fully saturated rings. The number of nitrogens with one attached hydrogen (secondary N) is 1. The van der Waals surface area contributed by atoms with E-state index in [4.69, 9.17) is 0 Å². The van der Waals surface area contributed by atoms with E-state index in [0.29, 0.717) is 16.1 Å². The second kappa shape index (κ2) is 6.70. The maximum Gasteiger partial charge on any atom is 0.291 e. The third-order valence-electron chi connectivity index (χ3n) is 3.89. The molecule has 7 heteroatoms. The molecule has 0 bridgehead atoms. The van der Waals surface area contributed by atoms with Crippen LogP contribution in [0.1, 0.15) is 32.3 Å². The fraction of sp³-hybridized carbons (Fsp3) is 0.643. The van der Waals surface area contributed by atoms with E-state index in [-0.39, 0.29) is 11.7 Å². The van der Waals surface area contributed by atoms with Crippen LogP contribution in [-0.2, 0) is 0 Å². The van der Waals surface area contributed by atoms with Crippen LogP contribution in [0.5, 0.6) is 0 Å². The van der Waals surface area contributed by atoms with Gasteiger partial charge in [0.1, 0.15) is 12.0 Å². The maximum atomic E-state index is 11.0. The van der Waals surface area contributed by atoms with Gasteiger partial charge in [-0.25, -0.2) is 4.98 Å². The Bertz CT molecular complexity index is 530. The number of nitrogens with zero attached hydrogens (tertiary/aromatic N) is 3. The third kappa shape index (κ3) is 3.52. The van der Waals surface area contributed by atoms with Crippen molar-refractivity contribution < 1.29 is 4.92 Å². The van der Waals surface area contributed by atoms with Crippen LogP contribution in [-0.4, -0.2) is 35.1 Å². The van der Waals surface area contributed by atoms with Crippen molar-refractivity contribution in [2.45, 2.75) is 45.7 Å². The SMILES string of the molecule is Cc1c([N+](=O)[O-])cnc(N(CC2CCCN2)C(C)C)c1Br. The number of rotatable bonds is 5. The highest BCUT2D eigenvalue weighted by Gasteiger charge is 2.25. The highest BCUT2D eigenvalue weighted by molar-refractivity contribution is 9.10. The van der Waals surface area contributed by atoms with Gasteiger partial charge in [-0.15, -0.1) is 0 Å². The summed E-state index contributed by atoms with van der Waals surface area (Å²) in [5.74, 6) is 0.779. The number of hydrogen-bond donors (Lipinski definition) is 1. The van der Waals surface area contributed by atoms with Crippen molar-refractivity contribution in [2.24, 2.45) is 0 Å².